The van der Waals surface area contributed by atoms with Gasteiger partial charge >= 0.3 is 0 Å². The van der Waals surface area contributed by atoms with Crippen LogP contribution < -0.4 is 16.1 Å². The summed E-state index contributed by atoms with van der Waals surface area (Å²) in [7, 11) is 1.48. The van der Waals surface area contributed by atoms with Crippen LogP contribution in [0.2, 0.25) is 0 Å². The highest BCUT2D eigenvalue weighted by Gasteiger charge is 2.38. The van der Waals surface area contributed by atoms with Crippen molar-refractivity contribution < 1.29 is 24.7 Å². The molecule has 0 fully saturated rings. The molecule has 0 aliphatic rings. The molecule has 0 aliphatic carbocycles. The van der Waals surface area contributed by atoms with Gasteiger partial charge in [-0.1, -0.05) is 34.6 Å². The molecule has 3 amide bonds. The maximum absolute atomic E-state index is 12.7. The van der Waals surface area contributed by atoms with Gasteiger partial charge in [0.15, 0.2) is 0 Å². The van der Waals surface area contributed by atoms with E-state index in [4.69, 9.17) is 5.21 Å². The van der Waals surface area contributed by atoms with Gasteiger partial charge in [-0.15, -0.1) is 0 Å². The zero-order chi connectivity index (χ0) is 19.1. The molecular formula is C16H31N3O5. The number of hydrogen-bond acceptors (Lipinski definition) is 5. The van der Waals surface area contributed by atoms with Crippen LogP contribution in [0.1, 0.15) is 41.0 Å². The van der Waals surface area contributed by atoms with Crippen molar-refractivity contribution in [3.8, 4) is 0 Å². The highest BCUT2D eigenvalue weighted by atomic mass is 16.5. The van der Waals surface area contributed by atoms with Gasteiger partial charge in [0.2, 0.25) is 17.7 Å². The Labute approximate surface area is 143 Å². The number of aliphatic hydroxyl groups is 1. The Balaban J connectivity index is 5.50. The van der Waals surface area contributed by atoms with Crippen LogP contribution in [0.4, 0.5) is 0 Å². The van der Waals surface area contributed by atoms with Crippen molar-refractivity contribution in [2.24, 2.45) is 23.2 Å². The highest BCUT2D eigenvalue weighted by molar-refractivity contribution is 5.91. The number of amides is 3. The van der Waals surface area contributed by atoms with Crippen LogP contribution in [0.3, 0.4) is 0 Å². The number of nitrogens with one attached hydrogen (secondary N) is 3. The minimum Gasteiger partial charge on any atom is -0.396 e. The van der Waals surface area contributed by atoms with Crippen LogP contribution >= 0.6 is 0 Å². The zero-order valence-electron chi connectivity index (χ0n) is 15.3. The number of aliphatic hydroxyl groups excluding tert-OH is 1. The fraction of sp³-hybridized carbons (Fsp3) is 0.812. The zero-order valence-corrected chi connectivity index (χ0v) is 15.3. The third-order valence-corrected chi connectivity index (χ3v) is 3.85. The van der Waals surface area contributed by atoms with Crippen molar-refractivity contribution in [1.82, 2.24) is 16.1 Å². The lowest BCUT2D eigenvalue weighted by Crippen LogP contribution is -2.55. The number of carbonyl (C=O) groups excluding carboxylic acids is 3. The van der Waals surface area contributed by atoms with Gasteiger partial charge < -0.3 is 15.7 Å². The summed E-state index contributed by atoms with van der Waals surface area (Å²) in [5.41, 5.74) is 0.948. The summed E-state index contributed by atoms with van der Waals surface area (Å²) in [5, 5.41) is 23.5. The Hall–Kier alpha value is -1.67. The molecular weight excluding hydrogens is 314 g/mol. The predicted molar refractivity (Wildman–Crippen MR) is 88.9 cm³/mol. The van der Waals surface area contributed by atoms with E-state index in [1.165, 1.54) is 12.5 Å². The molecule has 140 valence electrons. The molecule has 5 N–H and O–H groups in total. The average molecular weight is 345 g/mol. The number of carbonyl (C=O) groups is 3. The first-order valence-corrected chi connectivity index (χ1v) is 8.06. The summed E-state index contributed by atoms with van der Waals surface area (Å²) in [6.45, 7) is 8.62. The van der Waals surface area contributed by atoms with E-state index in [0.717, 1.165) is 0 Å². The van der Waals surface area contributed by atoms with E-state index in [9.17, 15) is 19.5 Å². The molecule has 0 bridgehead atoms. The summed E-state index contributed by atoms with van der Waals surface area (Å²) < 4.78 is 0. The maximum Gasteiger partial charge on any atom is 0.249 e. The van der Waals surface area contributed by atoms with Crippen molar-refractivity contribution in [2.45, 2.75) is 47.1 Å². The standard InChI is InChI=1S/C16H31N3O5/c1-9(2)7-10(11(8-20)14(22)19-24)13(21)18-12(15(23)17-6)16(3,4)5/h9-12,20,24H,7-8H2,1-6H3,(H,17,23)(H,18,21)(H,19,22)/t10-,11-,12+/m0/s1. The van der Waals surface area contributed by atoms with Gasteiger partial charge in [0.25, 0.3) is 0 Å². The van der Waals surface area contributed by atoms with Crippen molar-refractivity contribution in [2.75, 3.05) is 13.7 Å². The Morgan fingerprint density at radius 1 is 1.00 bits per heavy atom. The van der Waals surface area contributed by atoms with Crippen molar-refractivity contribution in [3.05, 3.63) is 0 Å². The van der Waals surface area contributed by atoms with Gasteiger partial charge in [0, 0.05) is 7.05 Å². The molecule has 0 aromatic rings. The average Bonchev–Trinajstić information content (AvgIpc) is 2.49. The first kappa shape index (κ1) is 22.3. The number of likely N-dealkylation sites (N-methyl/N-ethyl adjacent to an activating group) is 1. The lowest BCUT2D eigenvalue weighted by molar-refractivity contribution is -0.143. The molecule has 24 heavy (non-hydrogen) atoms. The third-order valence-electron chi connectivity index (χ3n) is 3.85. The van der Waals surface area contributed by atoms with Gasteiger partial charge in [0.05, 0.1) is 18.4 Å². The molecule has 3 atom stereocenters. The summed E-state index contributed by atoms with van der Waals surface area (Å²) in [5.74, 6) is -3.56. The highest BCUT2D eigenvalue weighted by Crippen LogP contribution is 2.24. The second-order valence-electron chi connectivity index (χ2n) is 7.42. The second kappa shape index (κ2) is 9.58. The summed E-state index contributed by atoms with van der Waals surface area (Å²) in [6, 6.07) is -0.791. The molecule has 8 nitrogen and oxygen atoms in total. The first-order chi connectivity index (χ1) is 11.0. The molecule has 0 rings (SSSR count). The molecule has 8 heteroatoms. The fourth-order valence-corrected chi connectivity index (χ4v) is 2.51. The SMILES string of the molecule is CNC(=O)[C@@H](NC(=O)[C@@H](CC(C)C)[C@H](CO)C(=O)NO)C(C)(C)C. The Kier molecular flexibility index (Phi) is 8.92. The number of hydrogen-bond donors (Lipinski definition) is 5. The van der Waals surface area contributed by atoms with Crippen LogP contribution in [0.25, 0.3) is 0 Å². The van der Waals surface area contributed by atoms with Gasteiger partial charge in [-0.3, -0.25) is 19.6 Å². The van der Waals surface area contributed by atoms with Crippen LogP contribution in [-0.2, 0) is 14.4 Å². The Morgan fingerprint density at radius 2 is 1.54 bits per heavy atom. The molecule has 0 aromatic heterocycles. The van der Waals surface area contributed by atoms with Crippen molar-refractivity contribution >= 4 is 17.7 Å². The predicted octanol–water partition coefficient (Wildman–Crippen LogP) is 0.0395. The summed E-state index contributed by atoms with van der Waals surface area (Å²) in [6.07, 6.45) is 0.328. The van der Waals surface area contributed by atoms with E-state index >= 15 is 0 Å². The first-order valence-electron chi connectivity index (χ1n) is 8.06. The van der Waals surface area contributed by atoms with E-state index in [1.807, 2.05) is 34.6 Å². The number of hydroxylamine groups is 1. The Bertz CT molecular complexity index is 445. The van der Waals surface area contributed by atoms with Crippen LogP contribution in [0.5, 0.6) is 0 Å². The molecule has 0 unspecified atom stereocenters. The second-order valence-corrected chi connectivity index (χ2v) is 7.42. The van der Waals surface area contributed by atoms with Crippen LogP contribution in [-0.4, -0.2) is 47.7 Å². The Morgan fingerprint density at radius 3 is 1.88 bits per heavy atom. The third kappa shape index (κ3) is 6.45. The topological polar surface area (TPSA) is 128 Å². The molecule has 0 aliphatic heterocycles. The maximum atomic E-state index is 12.7. The van der Waals surface area contributed by atoms with Crippen molar-refractivity contribution in [3.63, 3.8) is 0 Å². The van der Waals surface area contributed by atoms with Gasteiger partial charge in [-0.25, -0.2) is 5.48 Å². The quantitative estimate of drug-likeness (QED) is 0.313. The van der Waals surface area contributed by atoms with Gasteiger partial charge in [-0.05, 0) is 17.8 Å². The van der Waals surface area contributed by atoms with E-state index in [1.54, 1.807) is 0 Å². The molecule has 0 saturated heterocycles. The normalized spacial score (nSPS) is 15.4. The van der Waals surface area contributed by atoms with Crippen molar-refractivity contribution in [1.29, 1.82) is 0 Å². The summed E-state index contributed by atoms with van der Waals surface area (Å²) >= 11 is 0. The molecule has 0 saturated carbocycles. The monoisotopic (exact) mass is 345 g/mol. The van der Waals surface area contributed by atoms with E-state index in [0.29, 0.717) is 6.42 Å². The van der Waals surface area contributed by atoms with Crippen LogP contribution in [0, 0.1) is 23.2 Å². The molecule has 0 spiro atoms. The van der Waals surface area contributed by atoms with E-state index in [-0.39, 0.29) is 11.8 Å². The van der Waals surface area contributed by atoms with E-state index in [2.05, 4.69) is 10.6 Å². The van der Waals surface area contributed by atoms with Crippen LogP contribution in [0.15, 0.2) is 0 Å². The lowest BCUT2D eigenvalue weighted by Gasteiger charge is -2.33. The smallest absolute Gasteiger partial charge is 0.249 e. The van der Waals surface area contributed by atoms with Gasteiger partial charge in [0.1, 0.15) is 6.04 Å². The summed E-state index contributed by atoms with van der Waals surface area (Å²) in [4.78, 5) is 36.5. The minimum absolute atomic E-state index is 0.0781. The molecule has 0 radical (unpaired) electrons. The largest absolute Gasteiger partial charge is 0.396 e. The van der Waals surface area contributed by atoms with Gasteiger partial charge in [-0.2, -0.15) is 0 Å². The minimum atomic E-state index is -1.09. The fourth-order valence-electron chi connectivity index (χ4n) is 2.51. The lowest BCUT2D eigenvalue weighted by atomic mass is 9.82. The number of rotatable bonds is 8. The molecule has 0 heterocycles. The van der Waals surface area contributed by atoms with E-state index < -0.39 is 41.7 Å². The molecule has 0 aromatic carbocycles.